The maximum absolute atomic E-state index is 9.68. The molecular formula is C14H26N4O2. The zero-order valence-corrected chi connectivity index (χ0v) is 12.6. The number of hydrogen-bond donors (Lipinski definition) is 1. The van der Waals surface area contributed by atoms with Crippen LogP contribution >= 0.6 is 0 Å². The number of piperazine rings is 1. The maximum atomic E-state index is 9.68. The lowest BCUT2D eigenvalue weighted by molar-refractivity contribution is 0.0651. The van der Waals surface area contributed by atoms with Crippen LogP contribution in [0, 0.1) is 0 Å². The van der Waals surface area contributed by atoms with E-state index in [1.807, 2.05) is 6.92 Å². The molecule has 1 saturated heterocycles. The molecule has 0 spiro atoms. The minimum atomic E-state index is -0.200. The number of nitrogens with zero attached hydrogens (tertiary/aromatic N) is 4. The summed E-state index contributed by atoms with van der Waals surface area (Å²) in [5, 5.41) is 13.7. The van der Waals surface area contributed by atoms with Crippen LogP contribution in [-0.4, -0.2) is 63.9 Å². The smallest absolute Gasteiger partial charge is 0.240 e. The molecule has 1 aromatic heterocycles. The molecule has 6 heteroatoms. The third kappa shape index (κ3) is 4.54. The molecule has 0 radical (unpaired) electrons. The highest BCUT2D eigenvalue weighted by atomic mass is 16.5. The van der Waals surface area contributed by atoms with Gasteiger partial charge in [-0.15, -0.1) is 0 Å². The van der Waals surface area contributed by atoms with Gasteiger partial charge in [-0.25, -0.2) is 0 Å². The highest BCUT2D eigenvalue weighted by molar-refractivity contribution is 4.87. The Morgan fingerprint density at radius 1 is 1.20 bits per heavy atom. The standard InChI is InChI=1S/C14H26N4O2/c1-3-5-13-15-14(20-16-13)11-18-8-6-17(7-9-18)10-12(19)4-2/h12,19H,3-11H2,1-2H3. The van der Waals surface area contributed by atoms with Crippen molar-refractivity contribution in [3.63, 3.8) is 0 Å². The summed E-state index contributed by atoms with van der Waals surface area (Å²) in [6.07, 6.45) is 2.54. The summed E-state index contributed by atoms with van der Waals surface area (Å²) in [5.74, 6) is 1.53. The van der Waals surface area contributed by atoms with E-state index >= 15 is 0 Å². The molecule has 0 saturated carbocycles. The van der Waals surface area contributed by atoms with Gasteiger partial charge < -0.3 is 9.63 Å². The second kappa shape index (κ2) is 7.71. The van der Waals surface area contributed by atoms with Gasteiger partial charge in [0.05, 0.1) is 12.6 Å². The van der Waals surface area contributed by atoms with E-state index in [9.17, 15) is 5.11 Å². The predicted octanol–water partition coefficient (Wildman–Crippen LogP) is 0.911. The van der Waals surface area contributed by atoms with Gasteiger partial charge in [0.15, 0.2) is 5.82 Å². The number of aliphatic hydroxyl groups excluding tert-OH is 1. The molecule has 2 heterocycles. The van der Waals surface area contributed by atoms with Crippen molar-refractivity contribution in [2.45, 2.75) is 45.8 Å². The van der Waals surface area contributed by atoms with Gasteiger partial charge in [-0.2, -0.15) is 4.98 Å². The summed E-state index contributed by atoms with van der Waals surface area (Å²) >= 11 is 0. The molecule has 6 nitrogen and oxygen atoms in total. The Bertz CT molecular complexity index is 388. The maximum Gasteiger partial charge on any atom is 0.240 e. The van der Waals surface area contributed by atoms with Crippen LogP contribution in [0.4, 0.5) is 0 Å². The third-order valence-electron chi connectivity index (χ3n) is 3.75. The van der Waals surface area contributed by atoms with E-state index in [1.54, 1.807) is 0 Å². The fraction of sp³-hybridized carbons (Fsp3) is 0.857. The Labute approximate surface area is 120 Å². The number of aliphatic hydroxyl groups is 1. The van der Waals surface area contributed by atoms with Crippen LogP contribution in [0.1, 0.15) is 38.4 Å². The molecule has 1 unspecified atom stereocenters. The second-order valence-corrected chi connectivity index (χ2v) is 5.49. The Morgan fingerprint density at radius 2 is 1.90 bits per heavy atom. The van der Waals surface area contributed by atoms with Crippen LogP contribution in [0.25, 0.3) is 0 Å². The van der Waals surface area contributed by atoms with Crippen molar-refractivity contribution in [1.82, 2.24) is 19.9 Å². The van der Waals surface area contributed by atoms with Gasteiger partial charge in [0.25, 0.3) is 0 Å². The summed E-state index contributed by atoms with van der Waals surface area (Å²) in [6, 6.07) is 0. The van der Waals surface area contributed by atoms with Crippen LogP contribution in [0.3, 0.4) is 0 Å². The van der Waals surface area contributed by atoms with Crippen LogP contribution in [0.5, 0.6) is 0 Å². The molecule has 1 aliphatic rings. The van der Waals surface area contributed by atoms with Crippen molar-refractivity contribution in [1.29, 1.82) is 0 Å². The van der Waals surface area contributed by atoms with E-state index in [-0.39, 0.29) is 6.10 Å². The molecule has 1 fully saturated rings. The first-order valence-electron chi connectivity index (χ1n) is 7.65. The Hall–Kier alpha value is -0.980. The average molecular weight is 282 g/mol. The van der Waals surface area contributed by atoms with Gasteiger partial charge in [-0.3, -0.25) is 9.80 Å². The lowest BCUT2D eigenvalue weighted by atomic mass is 10.2. The summed E-state index contributed by atoms with van der Waals surface area (Å²) in [4.78, 5) is 9.05. The quantitative estimate of drug-likeness (QED) is 0.802. The molecule has 1 N–H and O–H groups in total. The molecule has 0 amide bonds. The number of rotatable bonds is 7. The van der Waals surface area contributed by atoms with Crippen LogP contribution in [-0.2, 0) is 13.0 Å². The van der Waals surface area contributed by atoms with E-state index in [4.69, 9.17) is 4.52 Å². The topological polar surface area (TPSA) is 65.6 Å². The fourth-order valence-corrected chi connectivity index (χ4v) is 2.43. The van der Waals surface area contributed by atoms with Gasteiger partial charge in [-0.1, -0.05) is 19.0 Å². The number of β-amino-alcohol motifs (C(OH)–C–C–N with tert-alkyl or cyclic N) is 1. The van der Waals surface area contributed by atoms with Crippen molar-refractivity contribution < 1.29 is 9.63 Å². The lowest BCUT2D eigenvalue weighted by Crippen LogP contribution is -2.48. The van der Waals surface area contributed by atoms with Crippen molar-refractivity contribution >= 4 is 0 Å². The van der Waals surface area contributed by atoms with Crippen molar-refractivity contribution in [2.24, 2.45) is 0 Å². The second-order valence-electron chi connectivity index (χ2n) is 5.49. The zero-order chi connectivity index (χ0) is 14.4. The van der Waals surface area contributed by atoms with Gasteiger partial charge in [-0.05, 0) is 12.8 Å². The van der Waals surface area contributed by atoms with E-state index < -0.39 is 0 Å². The minimum Gasteiger partial charge on any atom is -0.392 e. The highest BCUT2D eigenvalue weighted by Gasteiger charge is 2.20. The monoisotopic (exact) mass is 282 g/mol. The van der Waals surface area contributed by atoms with Crippen LogP contribution in [0.15, 0.2) is 4.52 Å². The first-order chi connectivity index (χ1) is 9.71. The summed E-state index contributed by atoms with van der Waals surface area (Å²) in [6.45, 7) is 9.61. The predicted molar refractivity (Wildman–Crippen MR) is 76.3 cm³/mol. The van der Waals surface area contributed by atoms with Crippen molar-refractivity contribution in [2.75, 3.05) is 32.7 Å². The highest BCUT2D eigenvalue weighted by Crippen LogP contribution is 2.09. The molecular weight excluding hydrogens is 256 g/mol. The Balaban J connectivity index is 1.73. The van der Waals surface area contributed by atoms with Crippen molar-refractivity contribution in [3.8, 4) is 0 Å². The average Bonchev–Trinajstić information content (AvgIpc) is 2.88. The molecule has 2 rings (SSSR count). The Morgan fingerprint density at radius 3 is 2.55 bits per heavy atom. The van der Waals surface area contributed by atoms with E-state index in [0.29, 0.717) is 0 Å². The molecule has 1 atom stereocenters. The van der Waals surface area contributed by atoms with Gasteiger partial charge >= 0.3 is 0 Å². The largest absolute Gasteiger partial charge is 0.392 e. The van der Waals surface area contributed by atoms with E-state index in [1.165, 1.54) is 0 Å². The number of hydrogen-bond acceptors (Lipinski definition) is 6. The summed E-state index contributed by atoms with van der Waals surface area (Å²) < 4.78 is 5.27. The molecule has 0 bridgehead atoms. The van der Waals surface area contributed by atoms with E-state index in [0.717, 1.165) is 70.2 Å². The molecule has 20 heavy (non-hydrogen) atoms. The number of aryl methyl sites for hydroxylation is 1. The summed E-state index contributed by atoms with van der Waals surface area (Å²) in [5.41, 5.74) is 0. The van der Waals surface area contributed by atoms with Crippen LogP contribution < -0.4 is 0 Å². The van der Waals surface area contributed by atoms with E-state index in [2.05, 4.69) is 26.9 Å². The minimum absolute atomic E-state index is 0.200. The lowest BCUT2D eigenvalue weighted by Gasteiger charge is -2.34. The molecule has 1 aromatic rings. The zero-order valence-electron chi connectivity index (χ0n) is 12.6. The first kappa shape index (κ1) is 15.4. The van der Waals surface area contributed by atoms with Crippen molar-refractivity contribution in [3.05, 3.63) is 11.7 Å². The van der Waals surface area contributed by atoms with Gasteiger partial charge in [0.2, 0.25) is 5.89 Å². The summed E-state index contributed by atoms with van der Waals surface area (Å²) in [7, 11) is 0. The van der Waals surface area contributed by atoms with Gasteiger partial charge in [0, 0.05) is 39.1 Å². The Kier molecular flexibility index (Phi) is 5.94. The number of aromatic nitrogens is 2. The first-order valence-corrected chi connectivity index (χ1v) is 7.65. The van der Waals surface area contributed by atoms with Crippen LogP contribution in [0.2, 0.25) is 0 Å². The molecule has 1 aliphatic heterocycles. The van der Waals surface area contributed by atoms with Gasteiger partial charge in [0.1, 0.15) is 0 Å². The molecule has 0 aromatic carbocycles. The molecule has 114 valence electrons. The normalized spacial score (nSPS) is 19.4. The molecule has 0 aliphatic carbocycles. The third-order valence-corrected chi connectivity index (χ3v) is 3.75. The fourth-order valence-electron chi connectivity index (χ4n) is 2.43. The SMILES string of the molecule is CCCc1noc(CN2CCN(CC(O)CC)CC2)n1.